The molecule has 0 aliphatic carbocycles. The highest BCUT2D eigenvalue weighted by Crippen LogP contribution is 2.18. The van der Waals surface area contributed by atoms with Gasteiger partial charge in [0.05, 0.1) is 12.3 Å². The number of hydrogen-bond donors (Lipinski definition) is 1. The molecule has 13 heavy (non-hydrogen) atoms. The summed E-state index contributed by atoms with van der Waals surface area (Å²) < 4.78 is 7.13. The first-order valence-electron chi connectivity index (χ1n) is 4.13. The summed E-state index contributed by atoms with van der Waals surface area (Å²) >= 11 is 0. The minimum Gasteiger partial charge on any atom is -0.472 e. The van der Waals surface area contributed by atoms with Gasteiger partial charge in [-0.05, 0) is 20.8 Å². The number of aromatic nitrogens is 2. The number of rotatable bonds is 3. The lowest BCUT2D eigenvalue weighted by molar-refractivity contribution is 0.231. The zero-order chi connectivity index (χ0) is 9.14. The second-order valence-corrected chi connectivity index (χ2v) is 2.91. The van der Waals surface area contributed by atoms with E-state index in [4.69, 9.17) is 10.5 Å². The molecular weight excluding hydrogens is 190 g/mol. The Bertz CT molecular complexity index is 260. The molecule has 0 spiro atoms. The van der Waals surface area contributed by atoms with Gasteiger partial charge in [-0.1, -0.05) is 0 Å². The Balaban J connectivity index is 0.00000144. The number of nitrogen functional groups attached to an aromatic ring is 1. The Morgan fingerprint density at radius 3 is 2.62 bits per heavy atom. The molecule has 4 nitrogen and oxygen atoms in total. The second-order valence-electron chi connectivity index (χ2n) is 2.91. The van der Waals surface area contributed by atoms with Crippen LogP contribution < -0.4 is 10.5 Å². The summed E-state index contributed by atoms with van der Waals surface area (Å²) in [5, 5.41) is 4.14. The molecular formula is C8H16ClN3O. The van der Waals surface area contributed by atoms with Crippen LogP contribution in [-0.4, -0.2) is 15.9 Å². The van der Waals surface area contributed by atoms with Gasteiger partial charge in [-0.25, -0.2) is 0 Å². The van der Waals surface area contributed by atoms with Gasteiger partial charge in [0.2, 0.25) is 0 Å². The van der Waals surface area contributed by atoms with Gasteiger partial charge in [-0.15, -0.1) is 17.5 Å². The third-order valence-corrected chi connectivity index (χ3v) is 1.43. The van der Waals surface area contributed by atoms with E-state index < -0.39 is 0 Å². The maximum Gasteiger partial charge on any atom is 0.256 e. The molecule has 0 fully saturated rings. The average molecular weight is 206 g/mol. The SMILES string of the molecule is CCn1cc(N)c(OC(C)C)n1.Cl. The Morgan fingerprint density at radius 1 is 1.62 bits per heavy atom. The molecule has 1 rings (SSSR count). The summed E-state index contributed by atoms with van der Waals surface area (Å²) in [6, 6.07) is 0. The Kier molecular flexibility index (Phi) is 4.62. The van der Waals surface area contributed by atoms with Crippen LogP contribution in [0.15, 0.2) is 6.20 Å². The van der Waals surface area contributed by atoms with E-state index in [0.717, 1.165) is 6.54 Å². The number of halogens is 1. The average Bonchev–Trinajstić information content (AvgIpc) is 2.31. The first-order chi connectivity index (χ1) is 5.63. The highest BCUT2D eigenvalue weighted by molar-refractivity contribution is 5.85. The van der Waals surface area contributed by atoms with E-state index in [1.165, 1.54) is 0 Å². The van der Waals surface area contributed by atoms with Gasteiger partial charge < -0.3 is 10.5 Å². The fourth-order valence-corrected chi connectivity index (χ4v) is 0.896. The first kappa shape index (κ1) is 12.1. The van der Waals surface area contributed by atoms with E-state index in [-0.39, 0.29) is 18.5 Å². The Labute approximate surface area is 84.5 Å². The predicted molar refractivity (Wildman–Crippen MR) is 55.3 cm³/mol. The molecule has 5 heteroatoms. The number of hydrogen-bond acceptors (Lipinski definition) is 3. The molecule has 0 atom stereocenters. The summed E-state index contributed by atoms with van der Waals surface area (Å²) in [5.41, 5.74) is 6.26. The molecule has 1 aromatic heterocycles. The molecule has 0 bridgehead atoms. The lowest BCUT2D eigenvalue weighted by atomic mass is 10.5. The fourth-order valence-electron chi connectivity index (χ4n) is 0.896. The fraction of sp³-hybridized carbons (Fsp3) is 0.625. The van der Waals surface area contributed by atoms with Crippen molar-refractivity contribution >= 4 is 18.1 Å². The summed E-state index contributed by atoms with van der Waals surface area (Å²) in [4.78, 5) is 0. The summed E-state index contributed by atoms with van der Waals surface area (Å²) in [5.74, 6) is 0.534. The number of nitrogens with two attached hydrogens (primary N) is 1. The van der Waals surface area contributed by atoms with Crippen molar-refractivity contribution in [3.63, 3.8) is 0 Å². The van der Waals surface area contributed by atoms with Crippen molar-refractivity contribution < 1.29 is 4.74 Å². The Morgan fingerprint density at radius 2 is 2.23 bits per heavy atom. The lowest BCUT2D eigenvalue weighted by Gasteiger charge is -2.05. The largest absolute Gasteiger partial charge is 0.472 e. The molecule has 0 aliphatic heterocycles. The molecule has 0 saturated heterocycles. The van der Waals surface area contributed by atoms with E-state index in [2.05, 4.69) is 5.10 Å². The normalized spacial score (nSPS) is 9.85. The van der Waals surface area contributed by atoms with Crippen LogP contribution in [0.5, 0.6) is 5.88 Å². The van der Waals surface area contributed by atoms with Gasteiger partial charge in [0, 0.05) is 6.54 Å². The molecule has 0 unspecified atom stereocenters. The molecule has 2 N–H and O–H groups in total. The van der Waals surface area contributed by atoms with Crippen molar-refractivity contribution in [3.8, 4) is 5.88 Å². The predicted octanol–water partition coefficient (Wildman–Crippen LogP) is 1.69. The van der Waals surface area contributed by atoms with Crippen molar-refractivity contribution in [3.05, 3.63) is 6.20 Å². The highest BCUT2D eigenvalue weighted by atomic mass is 35.5. The molecule has 1 aromatic rings. The second kappa shape index (κ2) is 4.97. The van der Waals surface area contributed by atoms with Crippen LogP contribution in [0, 0.1) is 0 Å². The molecule has 0 saturated carbocycles. The van der Waals surface area contributed by atoms with E-state index in [1.807, 2.05) is 20.8 Å². The van der Waals surface area contributed by atoms with Crippen molar-refractivity contribution in [2.24, 2.45) is 0 Å². The lowest BCUT2D eigenvalue weighted by Crippen LogP contribution is -2.07. The van der Waals surface area contributed by atoms with Crippen molar-refractivity contribution in [2.75, 3.05) is 5.73 Å². The number of nitrogens with zero attached hydrogens (tertiary/aromatic N) is 2. The van der Waals surface area contributed by atoms with Gasteiger partial charge in [-0.3, -0.25) is 4.68 Å². The number of ether oxygens (including phenoxy) is 1. The van der Waals surface area contributed by atoms with Crippen LogP contribution >= 0.6 is 12.4 Å². The molecule has 0 radical (unpaired) electrons. The van der Waals surface area contributed by atoms with Crippen LogP contribution in [0.4, 0.5) is 5.69 Å². The van der Waals surface area contributed by atoms with Gasteiger partial charge in [-0.2, -0.15) is 0 Å². The Hall–Kier alpha value is -0.900. The molecule has 0 aliphatic rings. The van der Waals surface area contributed by atoms with Gasteiger partial charge in [0.1, 0.15) is 5.69 Å². The molecule has 1 heterocycles. The van der Waals surface area contributed by atoms with E-state index >= 15 is 0 Å². The smallest absolute Gasteiger partial charge is 0.256 e. The highest BCUT2D eigenvalue weighted by Gasteiger charge is 2.07. The zero-order valence-corrected chi connectivity index (χ0v) is 8.97. The van der Waals surface area contributed by atoms with Gasteiger partial charge in [0.25, 0.3) is 5.88 Å². The third kappa shape index (κ3) is 3.14. The van der Waals surface area contributed by atoms with Crippen LogP contribution in [0.25, 0.3) is 0 Å². The van der Waals surface area contributed by atoms with E-state index in [0.29, 0.717) is 11.6 Å². The van der Waals surface area contributed by atoms with Crippen molar-refractivity contribution in [1.82, 2.24) is 9.78 Å². The van der Waals surface area contributed by atoms with Crippen molar-refractivity contribution in [1.29, 1.82) is 0 Å². The molecule has 76 valence electrons. The maximum absolute atomic E-state index is 5.66. The van der Waals surface area contributed by atoms with Gasteiger partial charge in [0.15, 0.2) is 0 Å². The van der Waals surface area contributed by atoms with Crippen molar-refractivity contribution in [2.45, 2.75) is 33.4 Å². The van der Waals surface area contributed by atoms with Crippen LogP contribution in [0.3, 0.4) is 0 Å². The standard InChI is InChI=1S/C8H15N3O.ClH/c1-4-11-5-7(9)8(10-11)12-6(2)3;/h5-6H,4,9H2,1-3H3;1H. The minimum atomic E-state index is 0. The topological polar surface area (TPSA) is 53.1 Å². The van der Waals surface area contributed by atoms with Crippen LogP contribution in [0.1, 0.15) is 20.8 Å². The number of aryl methyl sites for hydroxylation is 1. The quantitative estimate of drug-likeness (QED) is 0.817. The molecule has 0 aromatic carbocycles. The van der Waals surface area contributed by atoms with Gasteiger partial charge >= 0.3 is 0 Å². The van der Waals surface area contributed by atoms with E-state index in [9.17, 15) is 0 Å². The molecule has 0 amide bonds. The summed E-state index contributed by atoms with van der Waals surface area (Å²) in [6.45, 7) is 6.71. The van der Waals surface area contributed by atoms with Crippen LogP contribution in [-0.2, 0) is 6.54 Å². The summed E-state index contributed by atoms with van der Waals surface area (Å²) in [6.07, 6.45) is 1.89. The first-order valence-corrected chi connectivity index (χ1v) is 4.13. The minimum absolute atomic E-state index is 0. The zero-order valence-electron chi connectivity index (χ0n) is 8.15. The number of anilines is 1. The summed E-state index contributed by atoms with van der Waals surface area (Å²) in [7, 11) is 0. The monoisotopic (exact) mass is 205 g/mol. The van der Waals surface area contributed by atoms with E-state index in [1.54, 1.807) is 10.9 Å². The third-order valence-electron chi connectivity index (χ3n) is 1.43. The maximum atomic E-state index is 5.66. The van der Waals surface area contributed by atoms with Crippen LogP contribution in [0.2, 0.25) is 0 Å².